The molecule has 1 amide bonds. The molecule has 0 aliphatic carbocycles. The number of hydrogen-bond donors (Lipinski definition) is 1. The minimum absolute atomic E-state index is 0.178. The second-order valence-corrected chi connectivity index (χ2v) is 6.11. The van der Waals surface area contributed by atoms with Crippen LogP contribution >= 0.6 is 0 Å². The Balaban J connectivity index is 2.02. The molecule has 0 spiro atoms. The average molecular weight is 383 g/mol. The van der Waals surface area contributed by atoms with Gasteiger partial charge in [0, 0.05) is 30.5 Å². The number of carbonyl (C=O) groups excluding carboxylic acids is 1. The molecule has 0 radical (unpaired) electrons. The number of benzene rings is 2. The van der Waals surface area contributed by atoms with E-state index in [1.165, 1.54) is 6.08 Å². The Morgan fingerprint density at radius 2 is 1.57 bits per heavy atom. The summed E-state index contributed by atoms with van der Waals surface area (Å²) in [6.07, 6.45) is 3.28. The van der Waals surface area contributed by atoms with E-state index in [1.807, 2.05) is 56.3 Å². The Labute approximate surface area is 168 Å². The van der Waals surface area contributed by atoms with Crippen LogP contribution in [0, 0.1) is 0 Å². The van der Waals surface area contributed by atoms with Crippen LogP contribution in [0.2, 0.25) is 0 Å². The smallest absolute Gasteiger partial charge is 0.248 e. The molecule has 5 nitrogen and oxygen atoms in total. The predicted molar refractivity (Wildman–Crippen MR) is 116 cm³/mol. The third kappa shape index (κ3) is 6.05. The highest BCUT2D eigenvalue weighted by Gasteiger charge is 2.06. The van der Waals surface area contributed by atoms with Crippen molar-refractivity contribution in [1.82, 2.24) is 0 Å². The largest absolute Gasteiger partial charge is 0.490 e. The first-order valence-electron chi connectivity index (χ1n) is 9.84. The van der Waals surface area contributed by atoms with Gasteiger partial charge in [-0.05, 0) is 75.7 Å². The first kappa shape index (κ1) is 21.4. The molecule has 0 unspecified atom stereocenters. The molecule has 0 heterocycles. The lowest BCUT2D eigenvalue weighted by atomic mass is 10.2. The van der Waals surface area contributed by atoms with Gasteiger partial charge in [0.05, 0.1) is 13.2 Å². The van der Waals surface area contributed by atoms with Gasteiger partial charge in [-0.25, -0.2) is 0 Å². The van der Waals surface area contributed by atoms with Gasteiger partial charge in [0.2, 0.25) is 5.91 Å². The van der Waals surface area contributed by atoms with E-state index in [4.69, 9.17) is 9.47 Å². The lowest BCUT2D eigenvalue weighted by Gasteiger charge is -2.21. The van der Waals surface area contributed by atoms with Gasteiger partial charge in [0.1, 0.15) is 0 Å². The van der Waals surface area contributed by atoms with E-state index in [0.717, 1.165) is 30.0 Å². The van der Waals surface area contributed by atoms with Crippen LogP contribution in [0.4, 0.5) is 11.4 Å². The minimum Gasteiger partial charge on any atom is -0.490 e. The van der Waals surface area contributed by atoms with Crippen molar-refractivity contribution in [1.29, 1.82) is 0 Å². The molecule has 1 N–H and O–H groups in total. The number of carbonyl (C=O) groups is 1. The topological polar surface area (TPSA) is 50.8 Å². The average Bonchev–Trinajstić information content (AvgIpc) is 2.70. The van der Waals surface area contributed by atoms with Gasteiger partial charge >= 0.3 is 0 Å². The van der Waals surface area contributed by atoms with Crippen LogP contribution < -0.4 is 19.7 Å². The lowest BCUT2D eigenvalue weighted by Crippen LogP contribution is -2.21. The van der Waals surface area contributed by atoms with Crippen LogP contribution in [0.25, 0.3) is 6.08 Å². The summed E-state index contributed by atoms with van der Waals surface area (Å²) >= 11 is 0. The molecule has 0 aliphatic heterocycles. The van der Waals surface area contributed by atoms with Crippen molar-refractivity contribution in [2.45, 2.75) is 27.7 Å². The monoisotopic (exact) mass is 382 g/mol. The summed E-state index contributed by atoms with van der Waals surface area (Å²) in [6.45, 7) is 11.2. The van der Waals surface area contributed by atoms with E-state index < -0.39 is 0 Å². The predicted octanol–water partition coefficient (Wildman–Crippen LogP) is 4.98. The summed E-state index contributed by atoms with van der Waals surface area (Å²) in [5, 5.41) is 2.89. The number of anilines is 2. The maximum Gasteiger partial charge on any atom is 0.248 e. The van der Waals surface area contributed by atoms with Gasteiger partial charge in [0.25, 0.3) is 0 Å². The third-order valence-corrected chi connectivity index (χ3v) is 4.26. The fourth-order valence-corrected chi connectivity index (χ4v) is 2.87. The highest BCUT2D eigenvalue weighted by molar-refractivity contribution is 6.02. The van der Waals surface area contributed by atoms with E-state index in [1.54, 1.807) is 6.08 Å². The van der Waals surface area contributed by atoms with Gasteiger partial charge in [-0.2, -0.15) is 0 Å². The Morgan fingerprint density at radius 3 is 2.18 bits per heavy atom. The van der Waals surface area contributed by atoms with Crippen molar-refractivity contribution in [3.63, 3.8) is 0 Å². The summed E-state index contributed by atoms with van der Waals surface area (Å²) in [7, 11) is 0. The van der Waals surface area contributed by atoms with Crippen molar-refractivity contribution in [2.24, 2.45) is 0 Å². The molecule has 0 saturated heterocycles. The van der Waals surface area contributed by atoms with E-state index in [2.05, 4.69) is 24.1 Å². The van der Waals surface area contributed by atoms with Crippen molar-refractivity contribution < 1.29 is 14.3 Å². The van der Waals surface area contributed by atoms with Crippen LogP contribution in [-0.2, 0) is 4.79 Å². The SMILES string of the molecule is CCOc1ccc(/C=C/C(=O)Nc2ccc(N(CC)CC)cc2)cc1OCC. The number of rotatable bonds is 10. The summed E-state index contributed by atoms with van der Waals surface area (Å²) in [4.78, 5) is 14.5. The highest BCUT2D eigenvalue weighted by atomic mass is 16.5. The zero-order valence-corrected chi connectivity index (χ0v) is 17.2. The van der Waals surface area contributed by atoms with Crippen LogP contribution in [0.15, 0.2) is 48.5 Å². The summed E-state index contributed by atoms with van der Waals surface area (Å²) in [6, 6.07) is 13.5. The Hall–Kier alpha value is -2.95. The van der Waals surface area contributed by atoms with Crippen LogP contribution in [0.1, 0.15) is 33.3 Å². The number of hydrogen-bond acceptors (Lipinski definition) is 4. The molecule has 2 rings (SSSR count). The van der Waals surface area contributed by atoms with Gasteiger partial charge in [-0.3, -0.25) is 4.79 Å². The zero-order valence-electron chi connectivity index (χ0n) is 17.2. The number of nitrogens with one attached hydrogen (secondary N) is 1. The Kier molecular flexibility index (Phi) is 8.40. The van der Waals surface area contributed by atoms with Crippen LogP contribution in [0.5, 0.6) is 11.5 Å². The summed E-state index contributed by atoms with van der Waals surface area (Å²) in [5.41, 5.74) is 2.79. The van der Waals surface area contributed by atoms with Gasteiger partial charge < -0.3 is 19.7 Å². The fraction of sp³-hybridized carbons (Fsp3) is 0.348. The van der Waals surface area contributed by atoms with Crippen LogP contribution in [-0.4, -0.2) is 32.2 Å². The zero-order chi connectivity index (χ0) is 20.4. The molecule has 0 aliphatic rings. The standard InChI is InChI=1S/C23H30N2O3/c1-5-25(6-2)20-13-11-19(12-14-20)24-23(26)16-10-18-9-15-21(27-7-3)22(17-18)28-8-4/h9-17H,5-8H2,1-4H3,(H,24,26)/b16-10+. The molecule has 5 heteroatoms. The summed E-state index contributed by atoms with van der Waals surface area (Å²) in [5.74, 6) is 1.21. The molecule has 0 atom stereocenters. The first-order chi connectivity index (χ1) is 13.6. The second-order valence-electron chi connectivity index (χ2n) is 6.11. The third-order valence-electron chi connectivity index (χ3n) is 4.26. The second kappa shape index (κ2) is 11.0. The fourth-order valence-electron chi connectivity index (χ4n) is 2.87. The number of ether oxygens (including phenoxy) is 2. The van der Waals surface area contributed by atoms with Crippen molar-refractivity contribution in [3.05, 3.63) is 54.1 Å². The van der Waals surface area contributed by atoms with Gasteiger partial charge in [-0.15, -0.1) is 0 Å². The van der Waals surface area contributed by atoms with E-state index in [9.17, 15) is 4.79 Å². The maximum atomic E-state index is 12.2. The van der Waals surface area contributed by atoms with Crippen molar-refractivity contribution in [3.8, 4) is 11.5 Å². The molecule has 0 aromatic heterocycles. The molecular formula is C23H30N2O3. The van der Waals surface area contributed by atoms with Gasteiger partial charge in [-0.1, -0.05) is 6.07 Å². The Morgan fingerprint density at radius 1 is 0.929 bits per heavy atom. The van der Waals surface area contributed by atoms with Gasteiger partial charge in [0.15, 0.2) is 11.5 Å². The van der Waals surface area contributed by atoms with E-state index in [-0.39, 0.29) is 5.91 Å². The van der Waals surface area contributed by atoms with E-state index in [0.29, 0.717) is 24.7 Å². The molecule has 2 aromatic rings. The number of amides is 1. The number of nitrogens with zero attached hydrogens (tertiary/aromatic N) is 1. The Bertz CT molecular complexity index is 781. The lowest BCUT2D eigenvalue weighted by molar-refractivity contribution is -0.111. The molecule has 28 heavy (non-hydrogen) atoms. The molecular weight excluding hydrogens is 352 g/mol. The molecule has 150 valence electrons. The quantitative estimate of drug-likeness (QED) is 0.589. The van der Waals surface area contributed by atoms with Crippen LogP contribution in [0.3, 0.4) is 0 Å². The van der Waals surface area contributed by atoms with Crippen molar-refractivity contribution in [2.75, 3.05) is 36.5 Å². The van der Waals surface area contributed by atoms with E-state index >= 15 is 0 Å². The first-order valence-corrected chi connectivity index (χ1v) is 9.84. The summed E-state index contributed by atoms with van der Waals surface area (Å²) < 4.78 is 11.2. The minimum atomic E-state index is -0.178. The molecule has 2 aromatic carbocycles. The molecule has 0 saturated carbocycles. The maximum absolute atomic E-state index is 12.2. The molecule has 0 bridgehead atoms. The normalized spacial score (nSPS) is 10.7. The van der Waals surface area contributed by atoms with Crippen molar-refractivity contribution >= 4 is 23.4 Å². The molecule has 0 fully saturated rings. The highest BCUT2D eigenvalue weighted by Crippen LogP contribution is 2.29.